The molecule has 72 valence electrons. The second kappa shape index (κ2) is 10.7. The van der Waals surface area contributed by atoms with Gasteiger partial charge in [-0.1, -0.05) is 30.3 Å². The lowest BCUT2D eigenvalue weighted by Crippen LogP contribution is -2.01. The molecule has 0 aliphatic heterocycles. The molecule has 0 aromatic heterocycles. The monoisotopic (exact) mass is 210 g/mol. The fraction of sp³-hybridized carbons (Fsp3) is 0.250. The third kappa shape index (κ3) is 6.43. The zero-order valence-electron chi connectivity index (χ0n) is 6.90. The molecular weight excluding hydrogens is 195 g/mol. The van der Waals surface area contributed by atoms with Crippen LogP contribution in [-0.2, 0) is 6.42 Å². The Hall–Kier alpha value is -0.280. The van der Waals surface area contributed by atoms with Crippen LogP contribution < -0.4 is 11.9 Å². The van der Waals surface area contributed by atoms with E-state index in [9.17, 15) is 0 Å². The van der Waals surface area contributed by atoms with Crippen molar-refractivity contribution in [3.63, 3.8) is 0 Å². The molecule has 0 fully saturated rings. The Balaban J connectivity index is -0.000000270. The summed E-state index contributed by atoms with van der Waals surface area (Å²) in [5, 5.41) is 0. The van der Waals surface area contributed by atoms with E-state index in [0.29, 0.717) is 0 Å². The maximum Gasteiger partial charge on any atom is -0.00367 e. The summed E-state index contributed by atoms with van der Waals surface area (Å²) >= 11 is 0. The zero-order valence-corrected chi connectivity index (χ0v) is 8.53. The van der Waals surface area contributed by atoms with Gasteiger partial charge >= 0.3 is 0 Å². The van der Waals surface area contributed by atoms with Crippen LogP contribution in [0.4, 0.5) is 0 Å². The molecule has 0 saturated heterocycles. The van der Waals surface area contributed by atoms with Crippen molar-refractivity contribution in [3.05, 3.63) is 35.9 Å². The standard InChI is InChI=1S/C8H11N.2ClH.H3N/c9-7-6-8-4-2-1-3-5-8;;;/h1-5H,6-7,9H2;2*1H;1H3. The second-order valence-electron chi connectivity index (χ2n) is 2.02. The van der Waals surface area contributed by atoms with Crippen molar-refractivity contribution in [2.24, 2.45) is 5.73 Å². The quantitative estimate of drug-likeness (QED) is 0.787. The second-order valence-corrected chi connectivity index (χ2v) is 2.02. The number of hydrogen-bond donors (Lipinski definition) is 2. The molecule has 0 atom stereocenters. The van der Waals surface area contributed by atoms with E-state index in [4.69, 9.17) is 5.73 Å². The van der Waals surface area contributed by atoms with Gasteiger partial charge in [-0.05, 0) is 18.5 Å². The van der Waals surface area contributed by atoms with Crippen molar-refractivity contribution in [2.75, 3.05) is 6.54 Å². The molecule has 0 heterocycles. The Morgan fingerprint density at radius 2 is 1.50 bits per heavy atom. The third-order valence-electron chi connectivity index (χ3n) is 1.28. The molecule has 0 saturated carbocycles. The first-order valence-corrected chi connectivity index (χ1v) is 3.17. The fourth-order valence-electron chi connectivity index (χ4n) is 0.811. The number of hydrogen-bond acceptors (Lipinski definition) is 2. The summed E-state index contributed by atoms with van der Waals surface area (Å²) in [6, 6.07) is 10.3. The van der Waals surface area contributed by atoms with Crippen molar-refractivity contribution in [3.8, 4) is 0 Å². The van der Waals surface area contributed by atoms with Crippen molar-refractivity contribution < 1.29 is 0 Å². The first kappa shape index (κ1) is 17.7. The first-order valence-electron chi connectivity index (χ1n) is 3.17. The molecule has 0 radical (unpaired) electrons. The van der Waals surface area contributed by atoms with E-state index in [1.165, 1.54) is 5.56 Å². The first-order chi connectivity index (χ1) is 4.43. The lowest BCUT2D eigenvalue weighted by Gasteiger charge is -1.93. The summed E-state index contributed by atoms with van der Waals surface area (Å²) < 4.78 is 0. The highest BCUT2D eigenvalue weighted by atomic mass is 35.5. The minimum absolute atomic E-state index is 0. The van der Waals surface area contributed by atoms with Crippen LogP contribution in [0, 0.1) is 0 Å². The topological polar surface area (TPSA) is 61.0 Å². The van der Waals surface area contributed by atoms with Gasteiger partial charge in [0.1, 0.15) is 0 Å². The molecule has 2 nitrogen and oxygen atoms in total. The Labute approximate surface area is 85.9 Å². The van der Waals surface area contributed by atoms with E-state index in [1.54, 1.807) is 0 Å². The minimum Gasteiger partial charge on any atom is -0.344 e. The average Bonchev–Trinajstić information content (AvgIpc) is 1.91. The van der Waals surface area contributed by atoms with Gasteiger partial charge in [-0.3, -0.25) is 0 Å². The summed E-state index contributed by atoms with van der Waals surface area (Å²) in [4.78, 5) is 0. The van der Waals surface area contributed by atoms with Crippen molar-refractivity contribution >= 4 is 24.8 Å². The highest BCUT2D eigenvalue weighted by Crippen LogP contribution is 1.96. The van der Waals surface area contributed by atoms with Gasteiger partial charge in [0.15, 0.2) is 0 Å². The van der Waals surface area contributed by atoms with Crippen LogP contribution in [0.15, 0.2) is 30.3 Å². The van der Waals surface area contributed by atoms with E-state index in [2.05, 4.69) is 12.1 Å². The Bertz CT molecular complexity index is 168. The van der Waals surface area contributed by atoms with Gasteiger partial charge in [0.2, 0.25) is 0 Å². The van der Waals surface area contributed by atoms with Gasteiger partial charge in [-0.25, -0.2) is 0 Å². The molecule has 1 rings (SSSR count). The highest BCUT2D eigenvalue weighted by molar-refractivity contribution is 5.85. The highest BCUT2D eigenvalue weighted by Gasteiger charge is 1.84. The molecule has 0 spiro atoms. The van der Waals surface area contributed by atoms with Gasteiger partial charge in [0.25, 0.3) is 0 Å². The van der Waals surface area contributed by atoms with Crippen molar-refractivity contribution in [1.29, 1.82) is 0 Å². The van der Waals surface area contributed by atoms with Gasteiger partial charge < -0.3 is 11.9 Å². The van der Waals surface area contributed by atoms with Gasteiger partial charge in [0, 0.05) is 0 Å². The molecule has 5 N–H and O–H groups in total. The fourth-order valence-corrected chi connectivity index (χ4v) is 0.811. The van der Waals surface area contributed by atoms with Crippen LogP contribution in [0.25, 0.3) is 0 Å². The molecule has 0 unspecified atom stereocenters. The van der Waals surface area contributed by atoms with Crippen LogP contribution in [0.5, 0.6) is 0 Å². The number of halogens is 2. The number of benzene rings is 1. The predicted molar refractivity (Wildman–Crippen MR) is 58.7 cm³/mol. The summed E-state index contributed by atoms with van der Waals surface area (Å²) in [7, 11) is 0. The molecule has 0 bridgehead atoms. The lowest BCUT2D eigenvalue weighted by molar-refractivity contribution is 0.969. The summed E-state index contributed by atoms with van der Waals surface area (Å²) in [6.45, 7) is 0.740. The van der Waals surface area contributed by atoms with E-state index in [0.717, 1.165) is 13.0 Å². The molecular formula is C8H16Cl2N2. The summed E-state index contributed by atoms with van der Waals surface area (Å²) in [6.07, 6.45) is 0.987. The molecule has 0 aliphatic rings. The van der Waals surface area contributed by atoms with Crippen LogP contribution >= 0.6 is 24.8 Å². The summed E-state index contributed by atoms with van der Waals surface area (Å²) in [5.41, 5.74) is 6.68. The van der Waals surface area contributed by atoms with Crippen LogP contribution in [-0.4, -0.2) is 6.54 Å². The Morgan fingerprint density at radius 3 is 1.92 bits per heavy atom. The SMILES string of the molecule is Cl.Cl.N.NCCc1ccccc1. The predicted octanol–water partition coefficient (Wildman–Crippen LogP) is 2.19. The summed E-state index contributed by atoms with van der Waals surface area (Å²) in [5.74, 6) is 0. The molecule has 12 heavy (non-hydrogen) atoms. The number of rotatable bonds is 2. The van der Waals surface area contributed by atoms with E-state index >= 15 is 0 Å². The van der Waals surface area contributed by atoms with E-state index < -0.39 is 0 Å². The van der Waals surface area contributed by atoms with Crippen LogP contribution in [0.3, 0.4) is 0 Å². The van der Waals surface area contributed by atoms with Crippen molar-refractivity contribution in [1.82, 2.24) is 6.15 Å². The molecule has 1 aromatic rings. The van der Waals surface area contributed by atoms with Crippen LogP contribution in [0.2, 0.25) is 0 Å². The Kier molecular flexibility index (Phi) is 15.8. The molecule has 0 aliphatic carbocycles. The zero-order chi connectivity index (χ0) is 6.53. The normalized spacial score (nSPS) is 7.08. The smallest absolute Gasteiger partial charge is 0.00367 e. The largest absolute Gasteiger partial charge is 0.344 e. The Morgan fingerprint density at radius 1 is 1.00 bits per heavy atom. The molecule has 0 amide bonds. The number of nitrogens with two attached hydrogens (primary N) is 1. The molecule has 1 aromatic carbocycles. The lowest BCUT2D eigenvalue weighted by atomic mass is 10.2. The molecule has 4 heteroatoms. The average molecular weight is 211 g/mol. The maximum atomic E-state index is 5.36. The van der Waals surface area contributed by atoms with E-state index in [-0.39, 0.29) is 31.0 Å². The maximum absolute atomic E-state index is 5.36. The van der Waals surface area contributed by atoms with Gasteiger partial charge in [0.05, 0.1) is 0 Å². The van der Waals surface area contributed by atoms with Gasteiger partial charge in [-0.15, -0.1) is 24.8 Å². The van der Waals surface area contributed by atoms with Crippen molar-refractivity contribution in [2.45, 2.75) is 6.42 Å². The minimum atomic E-state index is 0. The third-order valence-corrected chi connectivity index (χ3v) is 1.28. The van der Waals surface area contributed by atoms with E-state index in [1.807, 2.05) is 18.2 Å². The van der Waals surface area contributed by atoms with Gasteiger partial charge in [-0.2, -0.15) is 0 Å². The van der Waals surface area contributed by atoms with Crippen LogP contribution in [0.1, 0.15) is 5.56 Å².